The minimum Gasteiger partial charge on any atom is -0.0654 e. The summed E-state index contributed by atoms with van der Waals surface area (Å²) < 4.78 is 0. The molecule has 24 heavy (non-hydrogen) atoms. The summed E-state index contributed by atoms with van der Waals surface area (Å²) in [6.45, 7) is 17.3. The van der Waals surface area contributed by atoms with Crippen molar-refractivity contribution in [3.63, 3.8) is 0 Å². The molecule has 1 aliphatic rings. The summed E-state index contributed by atoms with van der Waals surface area (Å²) in [7, 11) is 0. The van der Waals surface area contributed by atoms with Crippen LogP contribution in [0, 0.1) is 28.6 Å². The minimum atomic E-state index is 0.542. The van der Waals surface area contributed by atoms with Crippen LogP contribution in [0.3, 0.4) is 0 Å². The fraction of sp³-hybridized carbons (Fsp3) is 1.00. The van der Waals surface area contributed by atoms with Crippen LogP contribution in [-0.4, -0.2) is 0 Å². The lowest BCUT2D eigenvalue weighted by Gasteiger charge is -2.45. The van der Waals surface area contributed by atoms with E-state index in [1.54, 1.807) is 0 Å². The average Bonchev–Trinajstić information content (AvgIpc) is 2.52. The van der Waals surface area contributed by atoms with E-state index in [2.05, 4.69) is 48.5 Å². The Morgan fingerprint density at radius 3 is 2.29 bits per heavy atom. The number of hydrogen-bond acceptors (Lipinski definition) is 0. The van der Waals surface area contributed by atoms with Crippen LogP contribution in [0.15, 0.2) is 0 Å². The first-order valence-corrected chi connectivity index (χ1v) is 11.3. The van der Waals surface area contributed by atoms with Crippen molar-refractivity contribution in [2.45, 2.75) is 126 Å². The molecule has 1 rings (SSSR count). The van der Waals surface area contributed by atoms with Gasteiger partial charge in [-0.3, -0.25) is 0 Å². The molecule has 0 nitrogen and oxygen atoms in total. The molecular weight excluding hydrogens is 288 g/mol. The highest BCUT2D eigenvalue weighted by atomic mass is 14.4. The monoisotopic (exact) mass is 336 g/mol. The second kappa shape index (κ2) is 10.2. The lowest BCUT2D eigenvalue weighted by atomic mass is 9.60. The van der Waals surface area contributed by atoms with Crippen molar-refractivity contribution >= 4 is 0 Å². The van der Waals surface area contributed by atoms with Crippen molar-refractivity contribution in [1.29, 1.82) is 0 Å². The molecule has 0 heteroatoms. The Balaban J connectivity index is 2.80. The highest BCUT2D eigenvalue weighted by Crippen LogP contribution is 2.49. The van der Waals surface area contributed by atoms with Crippen LogP contribution in [0.5, 0.6) is 0 Å². The maximum Gasteiger partial charge on any atom is -0.0295 e. The van der Waals surface area contributed by atoms with Crippen LogP contribution < -0.4 is 0 Å². The van der Waals surface area contributed by atoms with E-state index in [1.165, 1.54) is 77.0 Å². The van der Waals surface area contributed by atoms with E-state index >= 15 is 0 Å². The molecule has 0 aliphatic heterocycles. The summed E-state index contributed by atoms with van der Waals surface area (Å²) in [5.41, 5.74) is 1.13. The van der Waals surface area contributed by atoms with Gasteiger partial charge in [-0.1, -0.05) is 106 Å². The van der Waals surface area contributed by atoms with E-state index in [4.69, 9.17) is 0 Å². The van der Waals surface area contributed by atoms with E-state index in [0.29, 0.717) is 10.8 Å². The van der Waals surface area contributed by atoms with Crippen molar-refractivity contribution in [3.8, 4) is 0 Å². The molecular formula is C24H48. The first kappa shape index (κ1) is 22.0. The molecule has 4 atom stereocenters. The zero-order valence-corrected chi connectivity index (χ0v) is 18.2. The van der Waals surface area contributed by atoms with Crippen molar-refractivity contribution in [2.75, 3.05) is 0 Å². The Morgan fingerprint density at radius 2 is 1.71 bits per heavy atom. The normalized spacial score (nSPS) is 30.6. The summed E-state index contributed by atoms with van der Waals surface area (Å²) >= 11 is 0. The Morgan fingerprint density at radius 1 is 1.04 bits per heavy atom. The SMILES string of the molecule is CCCC(CCCC(C)(C)CC)C1CCCCC(C)CC1(C)CC. The van der Waals surface area contributed by atoms with E-state index in [0.717, 1.165) is 17.8 Å². The van der Waals surface area contributed by atoms with Gasteiger partial charge in [-0.15, -0.1) is 0 Å². The molecule has 0 heterocycles. The van der Waals surface area contributed by atoms with Gasteiger partial charge in [0.25, 0.3) is 0 Å². The average molecular weight is 337 g/mol. The van der Waals surface area contributed by atoms with Crippen molar-refractivity contribution in [3.05, 3.63) is 0 Å². The van der Waals surface area contributed by atoms with Gasteiger partial charge in [0.1, 0.15) is 0 Å². The molecule has 4 unspecified atom stereocenters. The van der Waals surface area contributed by atoms with E-state index in [9.17, 15) is 0 Å². The molecule has 0 aromatic heterocycles. The highest BCUT2D eigenvalue weighted by Gasteiger charge is 2.38. The zero-order valence-electron chi connectivity index (χ0n) is 18.2. The van der Waals surface area contributed by atoms with E-state index < -0.39 is 0 Å². The lowest BCUT2D eigenvalue weighted by molar-refractivity contribution is 0.0502. The Labute approximate surface area is 154 Å². The summed E-state index contributed by atoms with van der Waals surface area (Å²) in [6.07, 6.45) is 17.2. The van der Waals surface area contributed by atoms with Crippen LogP contribution in [-0.2, 0) is 0 Å². The molecule has 1 fully saturated rings. The number of rotatable bonds is 9. The third-order valence-corrected chi connectivity index (χ3v) is 7.59. The molecule has 1 saturated carbocycles. The zero-order chi connectivity index (χ0) is 18.2. The standard InChI is InChI=1S/C24H48/c1-8-14-21(16-13-18-23(5,6)9-2)22-17-12-11-15-20(4)19-24(22,7)10-3/h20-22H,8-19H2,1-7H3. The van der Waals surface area contributed by atoms with Gasteiger partial charge in [0, 0.05) is 0 Å². The summed E-state index contributed by atoms with van der Waals surface area (Å²) in [5, 5.41) is 0. The van der Waals surface area contributed by atoms with Gasteiger partial charge in [-0.2, -0.15) is 0 Å². The molecule has 0 aromatic carbocycles. The maximum atomic E-state index is 2.64. The molecule has 0 amide bonds. The van der Waals surface area contributed by atoms with Crippen molar-refractivity contribution in [2.24, 2.45) is 28.6 Å². The second-order valence-electron chi connectivity index (χ2n) is 10.2. The van der Waals surface area contributed by atoms with E-state index in [1.807, 2.05) is 0 Å². The molecule has 1 aliphatic carbocycles. The Bertz CT molecular complexity index is 329. The maximum absolute atomic E-state index is 2.64. The lowest BCUT2D eigenvalue weighted by Crippen LogP contribution is -2.35. The molecule has 0 N–H and O–H groups in total. The van der Waals surface area contributed by atoms with Crippen LogP contribution in [0.2, 0.25) is 0 Å². The topological polar surface area (TPSA) is 0 Å². The summed E-state index contributed by atoms with van der Waals surface area (Å²) in [5.74, 6) is 2.87. The van der Waals surface area contributed by atoms with Crippen LogP contribution in [0.25, 0.3) is 0 Å². The van der Waals surface area contributed by atoms with Crippen LogP contribution in [0.1, 0.15) is 126 Å². The molecule has 144 valence electrons. The van der Waals surface area contributed by atoms with Crippen molar-refractivity contribution < 1.29 is 0 Å². The highest BCUT2D eigenvalue weighted by molar-refractivity contribution is 4.89. The third kappa shape index (κ3) is 6.72. The molecule has 0 spiro atoms. The third-order valence-electron chi connectivity index (χ3n) is 7.59. The van der Waals surface area contributed by atoms with Crippen LogP contribution >= 0.6 is 0 Å². The predicted octanol–water partition coefficient (Wildman–Crippen LogP) is 8.64. The van der Waals surface area contributed by atoms with Gasteiger partial charge in [-0.25, -0.2) is 0 Å². The van der Waals surface area contributed by atoms with Crippen molar-refractivity contribution in [1.82, 2.24) is 0 Å². The molecule has 0 radical (unpaired) electrons. The smallest absolute Gasteiger partial charge is 0.0295 e. The molecule has 0 aromatic rings. The van der Waals surface area contributed by atoms with Gasteiger partial charge in [0.2, 0.25) is 0 Å². The number of hydrogen-bond donors (Lipinski definition) is 0. The quantitative estimate of drug-likeness (QED) is 0.395. The first-order valence-electron chi connectivity index (χ1n) is 11.3. The van der Waals surface area contributed by atoms with Gasteiger partial charge < -0.3 is 0 Å². The first-order chi connectivity index (χ1) is 11.3. The summed E-state index contributed by atoms with van der Waals surface area (Å²) in [4.78, 5) is 0. The molecule has 0 bridgehead atoms. The predicted molar refractivity (Wildman–Crippen MR) is 110 cm³/mol. The van der Waals surface area contributed by atoms with Gasteiger partial charge in [-0.05, 0) is 47.8 Å². The second-order valence-corrected chi connectivity index (χ2v) is 10.2. The fourth-order valence-corrected chi connectivity index (χ4v) is 5.40. The van der Waals surface area contributed by atoms with Crippen LogP contribution in [0.4, 0.5) is 0 Å². The Hall–Kier alpha value is 0. The van der Waals surface area contributed by atoms with Gasteiger partial charge >= 0.3 is 0 Å². The minimum absolute atomic E-state index is 0.542. The summed E-state index contributed by atoms with van der Waals surface area (Å²) in [6, 6.07) is 0. The Kier molecular flexibility index (Phi) is 9.39. The van der Waals surface area contributed by atoms with Gasteiger partial charge in [0.15, 0.2) is 0 Å². The van der Waals surface area contributed by atoms with Gasteiger partial charge in [0.05, 0.1) is 0 Å². The fourth-order valence-electron chi connectivity index (χ4n) is 5.40. The van der Waals surface area contributed by atoms with E-state index in [-0.39, 0.29) is 0 Å². The molecule has 0 saturated heterocycles. The largest absolute Gasteiger partial charge is 0.0654 e.